The Morgan fingerprint density at radius 1 is 1.00 bits per heavy atom. The third-order valence-electron chi connectivity index (χ3n) is 3.79. The standard InChI is InChI=1S/C19H20N2/c1-3-20-18(16-11-9-14(2)10-12-16)17-8-4-6-15-7-5-13-21-19(15)17/h4-13,18,20H,3H2,1-2H3. The van der Waals surface area contributed by atoms with E-state index in [1.807, 2.05) is 12.3 Å². The summed E-state index contributed by atoms with van der Waals surface area (Å²) in [5.74, 6) is 0. The third kappa shape index (κ3) is 2.81. The van der Waals surface area contributed by atoms with Gasteiger partial charge in [-0.15, -0.1) is 0 Å². The Morgan fingerprint density at radius 3 is 2.52 bits per heavy atom. The van der Waals surface area contributed by atoms with Crippen molar-refractivity contribution < 1.29 is 0 Å². The monoisotopic (exact) mass is 276 g/mol. The van der Waals surface area contributed by atoms with Gasteiger partial charge in [0, 0.05) is 11.6 Å². The maximum absolute atomic E-state index is 4.59. The first-order valence-corrected chi connectivity index (χ1v) is 7.43. The van der Waals surface area contributed by atoms with Gasteiger partial charge in [0.25, 0.3) is 0 Å². The summed E-state index contributed by atoms with van der Waals surface area (Å²) in [6.07, 6.45) is 1.87. The highest BCUT2D eigenvalue weighted by molar-refractivity contribution is 5.82. The number of para-hydroxylation sites is 1. The minimum atomic E-state index is 0.175. The van der Waals surface area contributed by atoms with Gasteiger partial charge in [0.1, 0.15) is 0 Å². The van der Waals surface area contributed by atoms with Crippen molar-refractivity contribution in [1.82, 2.24) is 10.3 Å². The quantitative estimate of drug-likeness (QED) is 0.771. The molecule has 0 fully saturated rings. The van der Waals surface area contributed by atoms with Crippen molar-refractivity contribution >= 4 is 10.9 Å². The number of hydrogen-bond donors (Lipinski definition) is 1. The Balaban J connectivity index is 2.13. The van der Waals surface area contributed by atoms with Gasteiger partial charge >= 0.3 is 0 Å². The highest BCUT2D eigenvalue weighted by Crippen LogP contribution is 2.27. The average Bonchev–Trinajstić information content (AvgIpc) is 2.53. The minimum Gasteiger partial charge on any atom is -0.306 e. The topological polar surface area (TPSA) is 24.9 Å². The summed E-state index contributed by atoms with van der Waals surface area (Å²) in [7, 11) is 0. The maximum atomic E-state index is 4.59. The SMILES string of the molecule is CCNC(c1ccc(C)cc1)c1cccc2cccnc12. The zero-order chi connectivity index (χ0) is 14.7. The molecule has 0 saturated heterocycles. The van der Waals surface area contributed by atoms with Crippen LogP contribution in [0.15, 0.2) is 60.8 Å². The van der Waals surface area contributed by atoms with E-state index in [2.05, 4.69) is 72.7 Å². The molecule has 1 aromatic heterocycles. The molecule has 0 aliphatic heterocycles. The Labute approximate surface area is 125 Å². The van der Waals surface area contributed by atoms with Crippen LogP contribution in [0.1, 0.15) is 29.7 Å². The molecule has 21 heavy (non-hydrogen) atoms. The molecule has 2 aromatic carbocycles. The molecule has 0 spiro atoms. The zero-order valence-corrected chi connectivity index (χ0v) is 12.5. The lowest BCUT2D eigenvalue weighted by Crippen LogP contribution is -2.22. The van der Waals surface area contributed by atoms with E-state index in [-0.39, 0.29) is 6.04 Å². The highest BCUT2D eigenvalue weighted by atomic mass is 14.9. The second-order valence-electron chi connectivity index (χ2n) is 5.32. The number of rotatable bonds is 4. The number of pyridine rings is 1. The van der Waals surface area contributed by atoms with Crippen LogP contribution in [0, 0.1) is 6.92 Å². The molecule has 1 N–H and O–H groups in total. The fourth-order valence-electron chi connectivity index (χ4n) is 2.73. The highest BCUT2D eigenvalue weighted by Gasteiger charge is 2.16. The van der Waals surface area contributed by atoms with Gasteiger partial charge in [0.2, 0.25) is 0 Å². The molecule has 2 nitrogen and oxygen atoms in total. The van der Waals surface area contributed by atoms with E-state index in [1.54, 1.807) is 0 Å². The lowest BCUT2D eigenvalue weighted by molar-refractivity contribution is 0.633. The molecule has 0 aliphatic rings. The van der Waals surface area contributed by atoms with Crippen LogP contribution >= 0.6 is 0 Å². The Hall–Kier alpha value is -2.19. The van der Waals surface area contributed by atoms with E-state index < -0.39 is 0 Å². The fraction of sp³-hybridized carbons (Fsp3) is 0.211. The van der Waals surface area contributed by atoms with Crippen molar-refractivity contribution in [3.8, 4) is 0 Å². The third-order valence-corrected chi connectivity index (χ3v) is 3.79. The van der Waals surface area contributed by atoms with E-state index in [0.717, 1.165) is 12.1 Å². The summed E-state index contributed by atoms with van der Waals surface area (Å²) in [4.78, 5) is 4.59. The first kappa shape index (κ1) is 13.8. The van der Waals surface area contributed by atoms with E-state index in [4.69, 9.17) is 0 Å². The van der Waals surface area contributed by atoms with Gasteiger partial charge < -0.3 is 5.32 Å². The Morgan fingerprint density at radius 2 is 1.76 bits per heavy atom. The van der Waals surface area contributed by atoms with E-state index in [0.29, 0.717) is 0 Å². The van der Waals surface area contributed by atoms with Gasteiger partial charge in [-0.25, -0.2) is 0 Å². The first-order valence-electron chi connectivity index (χ1n) is 7.43. The summed E-state index contributed by atoms with van der Waals surface area (Å²) in [6, 6.07) is 19.4. The number of benzene rings is 2. The number of hydrogen-bond acceptors (Lipinski definition) is 2. The second-order valence-corrected chi connectivity index (χ2v) is 5.32. The van der Waals surface area contributed by atoms with Gasteiger partial charge in [-0.05, 0) is 30.7 Å². The molecule has 0 radical (unpaired) electrons. The van der Waals surface area contributed by atoms with Crippen LogP contribution in [-0.4, -0.2) is 11.5 Å². The van der Waals surface area contributed by atoms with Gasteiger partial charge in [-0.3, -0.25) is 4.98 Å². The van der Waals surface area contributed by atoms with Crippen LogP contribution in [0.3, 0.4) is 0 Å². The molecule has 0 bridgehead atoms. The fourth-order valence-corrected chi connectivity index (χ4v) is 2.73. The maximum Gasteiger partial charge on any atom is 0.0753 e. The molecule has 0 amide bonds. The molecule has 1 unspecified atom stereocenters. The van der Waals surface area contributed by atoms with Crippen molar-refractivity contribution in [2.75, 3.05) is 6.54 Å². The van der Waals surface area contributed by atoms with E-state index in [1.165, 1.54) is 22.1 Å². The van der Waals surface area contributed by atoms with Crippen molar-refractivity contribution in [3.05, 3.63) is 77.5 Å². The first-order chi connectivity index (χ1) is 10.3. The number of nitrogens with one attached hydrogen (secondary N) is 1. The Bertz CT molecular complexity index is 727. The average molecular weight is 276 g/mol. The number of aryl methyl sites for hydroxylation is 1. The summed E-state index contributed by atoms with van der Waals surface area (Å²) < 4.78 is 0. The number of fused-ring (bicyclic) bond motifs is 1. The number of aromatic nitrogens is 1. The van der Waals surface area contributed by atoms with Crippen LogP contribution < -0.4 is 5.32 Å². The molecule has 2 heteroatoms. The zero-order valence-electron chi connectivity index (χ0n) is 12.5. The molecule has 3 rings (SSSR count). The molecular weight excluding hydrogens is 256 g/mol. The van der Waals surface area contributed by atoms with Gasteiger partial charge in [0.05, 0.1) is 11.6 Å². The molecule has 1 heterocycles. The van der Waals surface area contributed by atoms with Crippen molar-refractivity contribution in [2.45, 2.75) is 19.9 Å². The van der Waals surface area contributed by atoms with Gasteiger partial charge in [-0.1, -0.05) is 61.0 Å². The lowest BCUT2D eigenvalue weighted by atomic mass is 9.95. The summed E-state index contributed by atoms with van der Waals surface area (Å²) in [5.41, 5.74) is 4.87. The second kappa shape index (κ2) is 6.06. The van der Waals surface area contributed by atoms with Crippen molar-refractivity contribution in [1.29, 1.82) is 0 Å². The minimum absolute atomic E-state index is 0.175. The predicted octanol–water partition coefficient (Wildman–Crippen LogP) is 4.24. The largest absolute Gasteiger partial charge is 0.306 e. The van der Waals surface area contributed by atoms with Gasteiger partial charge in [0.15, 0.2) is 0 Å². The van der Waals surface area contributed by atoms with Crippen LogP contribution in [0.4, 0.5) is 0 Å². The van der Waals surface area contributed by atoms with Crippen molar-refractivity contribution in [2.24, 2.45) is 0 Å². The number of nitrogens with zero attached hydrogens (tertiary/aromatic N) is 1. The van der Waals surface area contributed by atoms with Crippen LogP contribution in [0.5, 0.6) is 0 Å². The molecule has 106 valence electrons. The normalized spacial score (nSPS) is 12.5. The summed E-state index contributed by atoms with van der Waals surface area (Å²) >= 11 is 0. The molecule has 3 aromatic rings. The Kier molecular flexibility index (Phi) is 3.98. The van der Waals surface area contributed by atoms with E-state index in [9.17, 15) is 0 Å². The van der Waals surface area contributed by atoms with E-state index >= 15 is 0 Å². The van der Waals surface area contributed by atoms with Crippen LogP contribution in [0.2, 0.25) is 0 Å². The smallest absolute Gasteiger partial charge is 0.0753 e. The molecular formula is C19H20N2. The lowest BCUT2D eigenvalue weighted by Gasteiger charge is -2.20. The van der Waals surface area contributed by atoms with Crippen molar-refractivity contribution in [3.63, 3.8) is 0 Å². The molecule has 0 aliphatic carbocycles. The van der Waals surface area contributed by atoms with Crippen LogP contribution in [0.25, 0.3) is 10.9 Å². The molecule has 1 atom stereocenters. The van der Waals surface area contributed by atoms with Gasteiger partial charge in [-0.2, -0.15) is 0 Å². The molecule has 0 saturated carbocycles. The predicted molar refractivity (Wildman–Crippen MR) is 88.4 cm³/mol. The van der Waals surface area contributed by atoms with Crippen LogP contribution in [-0.2, 0) is 0 Å². The summed E-state index contributed by atoms with van der Waals surface area (Å²) in [6.45, 7) is 5.17. The summed E-state index contributed by atoms with van der Waals surface area (Å²) in [5, 5.41) is 4.77.